The van der Waals surface area contributed by atoms with Crippen LogP contribution in [0.4, 0.5) is 0 Å². The van der Waals surface area contributed by atoms with E-state index in [-0.39, 0.29) is 0 Å². The molecule has 2 N–H and O–H groups in total. The summed E-state index contributed by atoms with van der Waals surface area (Å²) >= 11 is 1.89. The molecule has 0 heterocycles. The second-order valence-electron chi connectivity index (χ2n) is 4.32. The molecule has 1 rings (SSSR count). The molecule has 0 bridgehead atoms. The predicted molar refractivity (Wildman–Crippen MR) is 74.0 cm³/mol. The molecule has 0 aromatic heterocycles. The van der Waals surface area contributed by atoms with E-state index in [1.54, 1.807) is 0 Å². The number of benzene rings is 1. The van der Waals surface area contributed by atoms with Crippen molar-refractivity contribution in [1.82, 2.24) is 0 Å². The summed E-state index contributed by atoms with van der Waals surface area (Å²) in [5.74, 6) is 1.69. The highest BCUT2D eigenvalue weighted by atomic mass is 32.2. The number of rotatable bonds is 6. The molecule has 90 valence electrons. The van der Waals surface area contributed by atoms with Crippen LogP contribution in [0.5, 0.6) is 0 Å². The van der Waals surface area contributed by atoms with Crippen LogP contribution in [0.2, 0.25) is 0 Å². The molecular formula is C14H23NS. The monoisotopic (exact) mass is 237 g/mol. The van der Waals surface area contributed by atoms with E-state index in [1.807, 2.05) is 11.8 Å². The minimum absolute atomic E-state index is 0.319. The maximum atomic E-state index is 6.22. The first-order valence-electron chi connectivity index (χ1n) is 6.13. The zero-order chi connectivity index (χ0) is 12.0. The molecule has 1 nitrogen and oxygen atoms in total. The maximum absolute atomic E-state index is 6.22. The Kier molecular flexibility index (Phi) is 5.93. The Hall–Kier alpha value is -0.470. The molecule has 0 aliphatic heterocycles. The summed E-state index contributed by atoms with van der Waals surface area (Å²) in [6.07, 6.45) is 2.37. The Labute approximate surface area is 104 Å². The summed E-state index contributed by atoms with van der Waals surface area (Å²) in [6.45, 7) is 6.61. The van der Waals surface area contributed by atoms with Gasteiger partial charge in [0.25, 0.3) is 0 Å². The van der Waals surface area contributed by atoms with Gasteiger partial charge in [-0.1, -0.05) is 44.9 Å². The van der Waals surface area contributed by atoms with Gasteiger partial charge in [0.15, 0.2) is 0 Å². The largest absolute Gasteiger partial charge is 0.327 e. The van der Waals surface area contributed by atoms with Gasteiger partial charge in [0.1, 0.15) is 0 Å². The number of hydrogen-bond acceptors (Lipinski definition) is 2. The number of thioether (sulfide) groups is 1. The smallest absolute Gasteiger partial charge is 0.0162 e. The van der Waals surface area contributed by atoms with Gasteiger partial charge in [-0.2, -0.15) is 0 Å². The normalized spacial score (nSPS) is 13.1. The van der Waals surface area contributed by atoms with Crippen LogP contribution in [-0.2, 0) is 0 Å². The Morgan fingerprint density at radius 1 is 1.19 bits per heavy atom. The lowest BCUT2D eigenvalue weighted by Crippen LogP contribution is -2.31. The zero-order valence-corrected chi connectivity index (χ0v) is 11.4. The number of aryl methyl sites for hydroxylation is 1. The quantitative estimate of drug-likeness (QED) is 0.761. The minimum Gasteiger partial charge on any atom is -0.327 e. The van der Waals surface area contributed by atoms with Crippen LogP contribution in [0, 0.1) is 12.8 Å². The molecule has 0 aliphatic carbocycles. The van der Waals surface area contributed by atoms with Gasteiger partial charge in [0.2, 0.25) is 0 Å². The third-order valence-electron chi connectivity index (χ3n) is 3.18. The van der Waals surface area contributed by atoms with E-state index >= 15 is 0 Å². The van der Waals surface area contributed by atoms with E-state index in [0.29, 0.717) is 12.0 Å². The number of hydrogen-bond donors (Lipinski definition) is 1. The first-order valence-corrected chi connectivity index (χ1v) is 7.11. The van der Waals surface area contributed by atoms with E-state index in [1.165, 1.54) is 23.3 Å². The summed E-state index contributed by atoms with van der Waals surface area (Å²) < 4.78 is 0. The summed E-state index contributed by atoms with van der Waals surface area (Å²) in [6, 6.07) is 8.84. The third kappa shape index (κ3) is 3.84. The highest BCUT2D eigenvalue weighted by Gasteiger charge is 2.14. The molecule has 1 aromatic rings. The molecule has 0 saturated heterocycles. The fourth-order valence-corrected chi connectivity index (χ4v) is 3.05. The molecule has 16 heavy (non-hydrogen) atoms. The van der Waals surface area contributed by atoms with E-state index in [9.17, 15) is 0 Å². The van der Waals surface area contributed by atoms with Crippen molar-refractivity contribution in [2.45, 2.75) is 44.6 Å². The second-order valence-corrected chi connectivity index (χ2v) is 5.38. The average Bonchev–Trinajstić information content (AvgIpc) is 2.29. The summed E-state index contributed by atoms with van der Waals surface area (Å²) in [7, 11) is 0. The highest BCUT2D eigenvalue weighted by molar-refractivity contribution is 7.99. The molecule has 0 amide bonds. The lowest BCUT2D eigenvalue weighted by atomic mass is 9.96. The standard InChI is InChI=1S/C14H23NS/c1-4-12(5-2)13(15)10-16-14-9-7-6-8-11(14)3/h6-9,12-13H,4-5,10,15H2,1-3H3. The molecular weight excluding hydrogens is 214 g/mol. The average molecular weight is 237 g/mol. The second kappa shape index (κ2) is 6.97. The van der Waals surface area contributed by atoms with Crippen LogP contribution < -0.4 is 5.73 Å². The van der Waals surface area contributed by atoms with Crippen molar-refractivity contribution in [2.24, 2.45) is 11.7 Å². The van der Waals surface area contributed by atoms with Gasteiger partial charge in [0.05, 0.1) is 0 Å². The van der Waals surface area contributed by atoms with E-state index in [0.717, 1.165) is 5.75 Å². The van der Waals surface area contributed by atoms with Gasteiger partial charge < -0.3 is 5.73 Å². The van der Waals surface area contributed by atoms with Crippen LogP contribution in [0.3, 0.4) is 0 Å². The first-order chi connectivity index (χ1) is 7.69. The van der Waals surface area contributed by atoms with Gasteiger partial charge in [-0.3, -0.25) is 0 Å². The number of nitrogens with two attached hydrogens (primary N) is 1. The van der Waals surface area contributed by atoms with Crippen molar-refractivity contribution in [2.75, 3.05) is 5.75 Å². The Morgan fingerprint density at radius 3 is 2.38 bits per heavy atom. The van der Waals surface area contributed by atoms with E-state index in [2.05, 4.69) is 45.0 Å². The predicted octanol–water partition coefficient (Wildman–Crippen LogP) is 3.85. The highest BCUT2D eigenvalue weighted by Crippen LogP contribution is 2.24. The molecule has 1 atom stereocenters. The lowest BCUT2D eigenvalue weighted by Gasteiger charge is -2.20. The molecule has 2 heteroatoms. The Bertz CT molecular complexity index is 307. The lowest BCUT2D eigenvalue weighted by molar-refractivity contribution is 0.422. The van der Waals surface area contributed by atoms with Crippen LogP contribution in [-0.4, -0.2) is 11.8 Å². The van der Waals surface area contributed by atoms with E-state index in [4.69, 9.17) is 5.73 Å². The van der Waals surface area contributed by atoms with Crippen molar-refractivity contribution in [3.05, 3.63) is 29.8 Å². The molecule has 1 aromatic carbocycles. The first kappa shape index (κ1) is 13.6. The Balaban J connectivity index is 2.48. The van der Waals surface area contributed by atoms with Crippen LogP contribution in [0.25, 0.3) is 0 Å². The fourth-order valence-electron chi connectivity index (χ4n) is 1.93. The van der Waals surface area contributed by atoms with Crippen molar-refractivity contribution in [3.63, 3.8) is 0 Å². The summed E-state index contributed by atoms with van der Waals surface area (Å²) in [5.41, 5.74) is 7.57. The van der Waals surface area contributed by atoms with Crippen LogP contribution in [0.1, 0.15) is 32.3 Å². The topological polar surface area (TPSA) is 26.0 Å². The molecule has 0 radical (unpaired) electrons. The van der Waals surface area contributed by atoms with Gasteiger partial charge in [-0.25, -0.2) is 0 Å². The molecule has 0 saturated carbocycles. The van der Waals surface area contributed by atoms with Crippen molar-refractivity contribution in [3.8, 4) is 0 Å². The minimum atomic E-state index is 0.319. The van der Waals surface area contributed by atoms with Gasteiger partial charge in [0, 0.05) is 16.7 Å². The van der Waals surface area contributed by atoms with Crippen molar-refractivity contribution < 1.29 is 0 Å². The Morgan fingerprint density at radius 2 is 1.81 bits per heavy atom. The molecule has 0 fully saturated rings. The summed E-state index contributed by atoms with van der Waals surface area (Å²) in [4.78, 5) is 1.36. The van der Waals surface area contributed by atoms with Gasteiger partial charge in [-0.05, 0) is 24.5 Å². The van der Waals surface area contributed by atoms with Gasteiger partial charge in [-0.15, -0.1) is 11.8 Å². The molecule has 0 spiro atoms. The van der Waals surface area contributed by atoms with Crippen molar-refractivity contribution in [1.29, 1.82) is 0 Å². The van der Waals surface area contributed by atoms with Gasteiger partial charge >= 0.3 is 0 Å². The third-order valence-corrected chi connectivity index (χ3v) is 4.50. The molecule has 1 unspecified atom stereocenters. The van der Waals surface area contributed by atoms with E-state index < -0.39 is 0 Å². The molecule has 0 aliphatic rings. The van der Waals surface area contributed by atoms with Crippen LogP contribution in [0.15, 0.2) is 29.2 Å². The van der Waals surface area contributed by atoms with Crippen LogP contribution >= 0.6 is 11.8 Å². The van der Waals surface area contributed by atoms with Crippen molar-refractivity contribution >= 4 is 11.8 Å². The maximum Gasteiger partial charge on any atom is 0.0162 e. The zero-order valence-electron chi connectivity index (χ0n) is 10.6. The fraction of sp³-hybridized carbons (Fsp3) is 0.571. The summed E-state index contributed by atoms with van der Waals surface area (Å²) in [5, 5.41) is 0. The SMILES string of the molecule is CCC(CC)C(N)CSc1ccccc1C.